The quantitative estimate of drug-likeness (QED) is 0.795. The Kier molecular flexibility index (Phi) is 6.42. The number of ether oxygens (including phenoxy) is 2. The summed E-state index contributed by atoms with van der Waals surface area (Å²) in [5, 5.41) is 3.04. The number of methoxy groups -OCH3 is 1. The molecule has 2 rings (SSSR count). The lowest BCUT2D eigenvalue weighted by Gasteiger charge is -2.14. The van der Waals surface area contributed by atoms with Crippen LogP contribution in [0.1, 0.15) is 18.1 Å². The van der Waals surface area contributed by atoms with E-state index in [1.54, 1.807) is 18.2 Å². The topological polar surface area (TPSA) is 64.6 Å². The summed E-state index contributed by atoms with van der Waals surface area (Å²) in [7, 11) is 1.51. The van der Waals surface area contributed by atoms with Gasteiger partial charge in [0, 0.05) is 5.69 Å². The van der Waals surface area contributed by atoms with Crippen molar-refractivity contribution in [2.75, 3.05) is 12.4 Å². The van der Waals surface area contributed by atoms with E-state index in [-0.39, 0.29) is 6.42 Å². The number of carbonyl (C=O) groups is 2. The second-order valence-corrected chi connectivity index (χ2v) is 5.98. The van der Waals surface area contributed by atoms with E-state index < -0.39 is 18.0 Å². The molecule has 0 bridgehead atoms. The third-order valence-electron chi connectivity index (χ3n) is 3.69. The molecule has 2 aromatic carbocycles. The smallest absolute Gasteiger partial charge is 0.311 e. The number of rotatable bonds is 6. The Hall–Kier alpha value is -2.53. The van der Waals surface area contributed by atoms with Gasteiger partial charge in [-0.15, -0.1) is 0 Å². The van der Waals surface area contributed by atoms with Crippen molar-refractivity contribution in [1.82, 2.24) is 0 Å². The van der Waals surface area contributed by atoms with Crippen molar-refractivity contribution in [2.45, 2.75) is 26.4 Å². The molecule has 0 heterocycles. The molecule has 1 amide bonds. The van der Waals surface area contributed by atoms with Gasteiger partial charge in [0.15, 0.2) is 6.10 Å². The van der Waals surface area contributed by atoms with Gasteiger partial charge in [-0.2, -0.15) is 0 Å². The molecule has 5 nitrogen and oxygen atoms in total. The number of halogens is 1. The van der Waals surface area contributed by atoms with E-state index in [0.29, 0.717) is 16.5 Å². The van der Waals surface area contributed by atoms with Crippen LogP contribution in [0.25, 0.3) is 0 Å². The maximum Gasteiger partial charge on any atom is 0.311 e. The highest BCUT2D eigenvalue weighted by atomic mass is 35.5. The highest BCUT2D eigenvalue weighted by Gasteiger charge is 2.19. The predicted octanol–water partition coefficient (Wildman–Crippen LogP) is 3.77. The van der Waals surface area contributed by atoms with Crippen LogP contribution >= 0.6 is 11.6 Å². The largest absolute Gasteiger partial charge is 0.495 e. The van der Waals surface area contributed by atoms with Gasteiger partial charge in [0.05, 0.1) is 18.6 Å². The zero-order valence-electron chi connectivity index (χ0n) is 14.3. The molecule has 25 heavy (non-hydrogen) atoms. The van der Waals surface area contributed by atoms with Crippen LogP contribution in [0.2, 0.25) is 5.02 Å². The van der Waals surface area contributed by atoms with E-state index in [9.17, 15) is 9.59 Å². The second kappa shape index (κ2) is 8.53. The summed E-state index contributed by atoms with van der Waals surface area (Å²) in [5.74, 6) is -0.374. The molecule has 0 unspecified atom stereocenters. The Morgan fingerprint density at radius 2 is 1.92 bits per heavy atom. The molecule has 0 fully saturated rings. The minimum absolute atomic E-state index is 0.124. The van der Waals surface area contributed by atoms with Gasteiger partial charge in [-0.05, 0) is 43.2 Å². The maximum atomic E-state index is 12.2. The summed E-state index contributed by atoms with van der Waals surface area (Å²) in [6, 6.07) is 12.4. The summed E-state index contributed by atoms with van der Waals surface area (Å²) < 4.78 is 10.3. The van der Waals surface area contributed by atoms with Gasteiger partial charge < -0.3 is 14.8 Å². The number of hydrogen-bond acceptors (Lipinski definition) is 4. The number of nitrogens with one attached hydrogen (secondary N) is 1. The third-order valence-corrected chi connectivity index (χ3v) is 3.99. The van der Waals surface area contributed by atoms with Crippen molar-refractivity contribution >= 4 is 29.2 Å². The molecule has 0 saturated heterocycles. The fourth-order valence-electron chi connectivity index (χ4n) is 2.24. The first kappa shape index (κ1) is 18.8. The van der Waals surface area contributed by atoms with Gasteiger partial charge in [0.25, 0.3) is 5.91 Å². The molecule has 1 atom stereocenters. The Balaban J connectivity index is 1.92. The van der Waals surface area contributed by atoms with Crippen LogP contribution in [0.3, 0.4) is 0 Å². The summed E-state index contributed by atoms with van der Waals surface area (Å²) in [6.07, 6.45) is -0.795. The number of hydrogen-bond donors (Lipinski definition) is 1. The van der Waals surface area contributed by atoms with Crippen molar-refractivity contribution in [1.29, 1.82) is 0 Å². The number of esters is 1. The monoisotopic (exact) mass is 361 g/mol. The molecule has 0 saturated carbocycles. The van der Waals surface area contributed by atoms with Gasteiger partial charge in [0.1, 0.15) is 5.75 Å². The van der Waals surface area contributed by atoms with E-state index in [2.05, 4.69) is 5.32 Å². The fraction of sp³-hybridized carbons (Fsp3) is 0.263. The highest BCUT2D eigenvalue weighted by molar-refractivity contribution is 6.32. The molecule has 0 spiro atoms. The molecule has 132 valence electrons. The highest BCUT2D eigenvalue weighted by Crippen LogP contribution is 2.27. The number of aryl methyl sites for hydroxylation is 1. The van der Waals surface area contributed by atoms with Gasteiger partial charge in [-0.1, -0.05) is 35.9 Å². The van der Waals surface area contributed by atoms with Crippen LogP contribution < -0.4 is 10.1 Å². The molecule has 0 radical (unpaired) electrons. The Bertz CT molecular complexity index is 776. The van der Waals surface area contributed by atoms with Crippen molar-refractivity contribution in [3.63, 3.8) is 0 Å². The van der Waals surface area contributed by atoms with Crippen LogP contribution in [0.15, 0.2) is 42.5 Å². The van der Waals surface area contributed by atoms with Gasteiger partial charge in [-0.3, -0.25) is 9.59 Å². The molecule has 0 aromatic heterocycles. The van der Waals surface area contributed by atoms with Gasteiger partial charge in [-0.25, -0.2) is 0 Å². The predicted molar refractivity (Wildman–Crippen MR) is 97.1 cm³/mol. The lowest BCUT2D eigenvalue weighted by atomic mass is 10.1. The van der Waals surface area contributed by atoms with Crippen LogP contribution in [0.4, 0.5) is 5.69 Å². The summed E-state index contributed by atoms with van der Waals surface area (Å²) in [4.78, 5) is 24.2. The first-order chi connectivity index (χ1) is 11.9. The number of amides is 1. The normalized spacial score (nSPS) is 11.5. The zero-order valence-corrected chi connectivity index (χ0v) is 15.1. The molecule has 0 aliphatic carbocycles. The van der Waals surface area contributed by atoms with Gasteiger partial charge >= 0.3 is 5.97 Å². The molecular formula is C19H20ClNO4. The average Bonchev–Trinajstić information content (AvgIpc) is 2.57. The maximum absolute atomic E-state index is 12.2. The van der Waals surface area contributed by atoms with Crippen LogP contribution in [0, 0.1) is 6.92 Å². The third kappa shape index (κ3) is 5.22. The zero-order chi connectivity index (χ0) is 18.4. The second-order valence-electron chi connectivity index (χ2n) is 5.57. The van der Waals surface area contributed by atoms with Crippen molar-refractivity contribution in [3.8, 4) is 5.75 Å². The Morgan fingerprint density at radius 3 is 2.56 bits per heavy atom. The lowest BCUT2D eigenvalue weighted by molar-refractivity contribution is -0.152. The molecule has 0 aliphatic rings. The van der Waals surface area contributed by atoms with E-state index in [0.717, 1.165) is 11.1 Å². The first-order valence-electron chi connectivity index (χ1n) is 7.79. The summed E-state index contributed by atoms with van der Waals surface area (Å²) >= 11 is 6.02. The standard InChI is InChI=1S/C19H20ClNO4/c1-12-6-4-5-7-14(12)10-18(22)25-13(2)19(23)21-15-8-9-17(24-3)16(20)11-15/h4-9,11,13H,10H2,1-3H3,(H,21,23)/t13-/m0/s1. The van der Waals surface area contributed by atoms with Crippen molar-refractivity contribution in [2.24, 2.45) is 0 Å². The van der Waals surface area contributed by atoms with Crippen molar-refractivity contribution in [3.05, 3.63) is 58.6 Å². The lowest BCUT2D eigenvalue weighted by Crippen LogP contribution is -2.30. The summed E-state index contributed by atoms with van der Waals surface area (Å²) in [5.41, 5.74) is 2.38. The van der Waals surface area contributed by atoms with Crippen LogP contribution in [-0.4, -0.2) is 25.1 Å². The summed E-state index contributed by atoms with van der Waals surface area (Å²) in [6.45, 7) is 3.45. The van der Waals surface area contributed by atoms with Gasteiger partial charge in [0.2, 0.25) is 0 Å². The van der Waals surface area contributed by atoms with E-state index in [1.165, 1.54) is 14.0 Å². The van der Waals surface area contributed by atoms with E-state index in [4.69, 9.17) is 21.1 Å². The number of carbonyl (C=O) groups excluding carboxylic acids is 2. The minimum Gasteiger partial charge on any atom is -0.495 e. The molecule has 0 aliphatic heterocycles. The Morgan fingerprint density at radius 1 is 1.20 bits per heavy atom. The van der Waals surface area contributed by atoms with Crippen LogP contribution in [0.5, 0.6) is 5.75 Å². The van der Waals surface area contributed by atoms with E-state index >= 15 is 0 Å². The Labute approximate surface area is 151 Å². The molecular weight excluding hydrogens is 342 g/mol. The molecule has 2 aromatic rings. The van der Waals surface area contributed by atoms with Crippen LogP contribution in [-0.2, 0) is 20.7 Å². The SMILES string of the molecule is COc1ccc(NC(=O)[C@H](C)OC(=O)Cc2ccccc2C)cc1Cl. The molecule has 6 heteroatoms. The number of anilines is 1. The van der Waals surface area contributed by atoms with Crippen molar-refractivity contribution < 1.29 is 19.1 Å². The fourth-order valence-corrected chi connectivity index (χ4v) is 2.50. The molecule has 1 N–H and O–H groups in total. The average molecular weight is 362 g/mol. The van der Waals surface area contributed by atoms with E-state index in [1.807, 2.05) is 31.2 Å². The minimum atomic E-state index is -0.919. The first-order valence-corrected chi connectivity index (χ1v) is 8.17. The number of benzene rings is 2.